The molecule has 1 amide bonds. The number of rotatable bonds is 5. The topological polar surface area (TPSA) is 64.8 Å². The highest BCUT2D eigenvalue weighted by atomic mass is 16.5. The molecule has 3 rings (SSSR count). The molecule has 1 aliphatic rings. The first-order chi connectivity index (χ1) is 11.7. The maximum Gasteiger partial charge on any atom is 0.258 e. The largest absolute Gasteiger partial charge is 0.370 e. The summed E-state index contributed by atoms with van der Waals surface area (Å²) in [7, 11) is 1.67. The van der Waals surface area contributed by atoms with Crippen molar-refractivity contribution < 1.29 is 14.4 Å². The Bertz CT molecular complexity index is 779. The Hall–Kier alpha value is -2.18. The third-order valence-electron chi connectivity index (χ3n) is 4.53. The molecule has 24 heavy (non-hydrogen) atoms. The number of hydrogen-bond acceptors (Lipinski definition) is 3. The van der Waals surface area contributed by atoms with Gasteiger partial charge < -0.3 is 19.5 Å². The van der Waals surface area contributed by atoms with Gasteiger partial charge in [-0.2, -0.15) is 0 Å². The second kappa shape index (κ2) is 7.59. The zero-order valence-electron chi connectivity index (χ0n) is 14.0. The molecule has 1 aromatic heterocycles. The average Bonchev–Trinajstić information content (AvgIpc) is 2.62. The van der Waals surface area contributed by atoms with E-state index in [1.165, 1.54) is 9.47 Å². The number of aromatic nitrogens is 1. The summed E-state index contributed by atoms with van der Waals surface area (Å²) in [5.74, 6) is -0.126. The van der Waals surface area contributed by atoms with Crippen molar-refractivity contribution >= 4 is 16.7 Å². The van der Waals surface area contributed by atoms with Crippen LogP contribution in [-0.4, -0.2) is 49.9 Å². The third-order valence-corrected chi connectivity index (χ3v) is 4.53. The first-order valence-corrected chi connectivity index (χ1v) is 8.44. The molecule has 0 spiro atoms. The Labute approximate surface area is 141 Å². The molecule has 1 aromatic carbocycles. The molecule has 6 nitrogen and oxygen atoms in total. The van der Waals surface area contributed by atoms with Gasteiger partial charge in [-0.1, -0.05) is 18.2 Å². The average molecular weight is 330 g/mol. The molecular weight excluding hydrogens is 306 g/mol. The van der Waals surface area contributed by atoms with E-state index in [-0.39, 0.29) is 11.5 Å². The van der Waals surface area contributed by atoms with Crippen LogP contribution in [0.3, 0.4) is 0 Å². The number of aryl methyl sites for hydroxylation is 1. The summed E-state index contributed by atoms with van der Waals surface area (Å²) in [5.41, 5.74) is 0.462. The van der Waals surface area contributed by atoms with Crippen LogP contribution in [0.4, 0.5) is 0 Å². The van der Waals surface area contributed by atoms with Crippen LogP contribution in [0.25, 0.3) is 10.8 Å². The van der Waals surface area contributed by atoms with Crippen LogP contribution in [0.15, 0.2) is 35.3 Å². The van der Waals surface area contributed by atoms with E-state index in [4.69, 9.17) is 4.74 Å². The Kier molecular flexibility index (Phi) is 5.27. The second-order valence-electron chi connectivity index (χ2n) is 6.23. The van der Waals surface area contributed by atoms with Gasteiger partial charge in [0.1, 0.15) is 13.1 Å². The number of quaternary nitrogens is 1. The van der Waals surface area contributed by atoms with Gasteiger partial charge in [-0.3, -0.25) is 9.59 Å². The zero-order chi connectivity index (χ0) is 16.9. The lowest BCUT2D eigenvalue weighted by Crippen LogP contribution is -3.14. The first kappa shape index (κ1) is 16.7. The molecule has 2 heterocycles. The molecule has 2 aromatic rings. The predicted molar refractivity (Wildman–Crippen MR) is 92.5 cm³/mol. The highest BCUT2D eigenvalue weighted by molar-refractivity contribution is 6.06. The quantitative estimate of drug-likeness (QED) is 0.732. The van der Waals surface area contributed by atoms with E-state index < -0.39 is 0 Å². The fourth-order valence-corrected chi connectivity index (χ4v) is 3.14. The van der Waals surface area contributed by atoms with E-state index in [1.54, 1.807) is 19.3 Å². The van der Waals surface area contributed by atoms with Crippen LogP contribution >= 0.6 is 0 Å². The molecule has 1 aliphatic heterocycles. The Balaban J connectivity index is 1.64. The predicted octanol–water partition coefficient (Wildman–Crippen LogP) is -0.426. The molecule has 0 saturated carbocycles. The van der Waals surface area contributed by atoms with Crippen LogP contribution in [0.1, 0.15) is 16.8 Å². The van der Waals surface area contributed by atoms with Gasteiger partial charge in [0.15, 0.2) is 0 Å². The second-order valence-corrected chi connectivity index (χ2v) is 6.23. The van der Waals surface area contributed by atoms with E-state index >= 15 is 0 Å². The van der Waals surface area contributed by atoms with Crippen molar-refractivity contribution in [2.75, 3.05) is 39.4 Å². The summed E-state index contributed by atoms with van der Waals surface area (Å²) in [6.45, 7) is 5.41. The van der Waals surface area contributed by atoms with E-state index in [0.29, 0.717) is 22.9 Å². The molecule has 2 N–H and O–H groups in total. The normalized spacial score (nSPS) is 15.5. The van der Waals surface area contributed by atoms with Gasteiger partial charge in [-0.25, -0.2) is 0 Å². The fraction of sp³-hybridized carbons (Fsp3) is 0.444. The standard InChI is InChI=1S/C18H23N3O3/c1-20-13-16(14-5-2-3-6-15(14)18(20)23)17(22)19-7-4-8-21-9-11-24-12-10-21/h2-3,5-6,13H,4,7-12H2,1H3,(H,19,22)/p+1. The molecule has 1 saturated heterocycles. The number of hydrogen-bond donors (Lipinski definition) is 2. The lowest BCUT2D eigenvalue weighted by atomic mass is 10.1. The van der Waals surface area contributed by atoms with Crippen LogP contribution in [0.2, 0.25) is 0 Å². The van der Waals surface area contributed by atoms with Gasteiger partial charge in [-0.15, -0.1) is 0 Å². The molecule has 0 unspecified atom stereocenters. The van der Waals surface area contributed by atoms with Crippen molar-refractivity contribution in [1.29, 1.82) is 0 Å². The highest BCUT2D eigenvalue weighted by Crippen LogP contribution is 2.14. The van der Waals surface area contributed by atoms with Crippen molar-refractivity contribution in [1.82, 2.24) is 9.88 Å². The van der Waals surface area contributed by atoms with Crippen molar-refractivity contribution in [3.63, 3.8) is 0 Å². The van der Waals surface area contributed by atoms with E-state index in [1.807, 2.05) is 18.2 Å². The molecule has 0 atom stereocenters. The number of nitrogens with zero attached hydrogens (tertiary/aromatic N) is 1. The van der Waals surface area contributed by atoms with Crippen LogP contribution in [0.5, 0.6) is 0 Å². The minimum atomic E-state index is -0.126. The molecule has 0 radical (unpaired) electrons. The molecule has 128 valence electrons. The number of ether oxygens (including phenoxy) is 1. The van der Waals surface area contributed by atoms with Crippen molar-refractivity contribution in [3.05, 3.63) is 46.4 Å². The van der Waals surface area contributed by atoms with Gasteiger partial charge in [0.05, 0.1) is 25.3 Å². The van der Waals surface area contributed by atoms with Gasteiger partial charge >= 0.3 is 0 Å². The molecular formula is C18H24N3O3+. The van der Waals surface area contributed by atoms with E-state index in [0.717, 1.165) is 39.3 Å². The minimum Gasteiger partial charge on any atom is -0.370 e. The van der Waals surface area contributed by atoms with Crippen molar-refractivity contribution in [3.8, 4) is 0 Å². The third kappa shape index (κ3) is 3.66. The number of fused-ring (bicyclic) bond motifs is 1. The number of benzene rings is 1. The van der Waals surface area contributed by atoms with E-state index in [9.17, 15) is 9.59 Å². The minimum absolute atomic E-state index is 0.0851. The summed E-state index contributed by atoms with van der Waals surface area (Å²) in [6.07, 6.45) is 2.55. The first-order valence-electron chi connectivity index (χ1n) is 8.44. The lowest BCUT2D eigenvalue weighted by Gasteiger charge is -2.23. The number of amides is 1. The monoisotopic (exact) mass is 330 g/mol. The summed E-state index contributed by atoms with van der Waals surface area (Å²) in [6, 6.07) is 7.25. The number of nitrogens with one attached hydrogen (secondary N) is 2. The van der Waals surface area contributed by atoms with Crippen molar-refractivity contribution in [2.45, 2.75) is 6.42 Å². The van der Waals surface area contributed by atoms with E-state index in [2.05, 4.69) is 5.32 Å². The van der Waals surface area contributed by atoms with Crippen LogP contribution < -0.4 is 15.8 Å². The Morgan fingerprint density at radius 1 is 1.25 bits per heavy atom. The summed E-state index contributed by atoms with van der Waals surface area (Å²) < 4.78 is 6.81. The molecule has 6 heteroatoms. The molecule has 0 aliphatic carbocycles. The summed E-state index contributed by atoms with van der Waals surface area (Å²) >= 11 is 0. The zero-order valence-corrected chi connectivity index (χ0v) is 14.0. The molecule has 0 bridgehead atoms. The SMILES string of the molecule is Cn1cc(C(=O)NCCC[NH+]2CCOCC2)c2ccccc2c1=O. The van der Waals surface area contributed by atoms with Crippen LogP contribution in [-0.2, 0) is 11.8 Å². The number of morpholine rings is 1. The van der Waals surface area contributed by atoms with Crippen molar-refractivity contribution in [2.24, 2.45) is 7.05 Å². The maximum absolute atomic E-state index is 12.5. The Morgan fingerprint density at radius 3 is 2.71 bits per heavy atom. The fourth-order valence-electron chi connectivity index (χ4n) is 3.14. The van der Waals surface area contributed by atoms with Gasteiger partial charge in [0.2, 0.25) is 0 Å². The number of carbonyl (C=O) groups is 1. The van der Waals surface area contributed by atoms with Crippen LogP contribution in [0, 0.1) is 0 Å². The lowest BCUT2D eigenvalue weighted by molar-refractivity contribution is -0.908. The number of carbonyl (C=O) groups excluding carboxylic acids is 1. The Morgan fingerprint density at radius 2 is 1.96 bits per heavy atom. The number of pyridine rings is 1. The molecule has 1 fully saturated rings. The highest BCUT2D eigenvalue weighted by Gasteiger charge is 2.15. The van der Waals surface area contributed by atoms with Gasteiger partial charge in [0, 0.05) is 37.0 Å². The summed E-state index contributed by atoms with van der Waals surface area (Å²) in [5, 5.41) is 4.26. The van der Waals surface area contributed by atoms with Gasteiger partial charge in [-0.05, 0) is 6.07 Å². The van der Waals surface area contributed by atoms with Gasteiger partial charge in [0.25, 0.3) is 11.5 Å². The summed E-state index contributed by atoms with van der Waals surface area (Å²) in [4.78, 5) is 26.2. The maximum atomic E-state index is 12.5. The smallest absolute Gasteiger partial charge is 0.258 e.